The topological polar surface area (TPSA) is 69.2 Å². The van der Waals surface area contributed by atoms with E-state index in [1.165, 1.54) is 16.9 Å². The van der Waals surface area contributed by atoms with Gasteiger partial charge in [0.05, 0.1) is 36.2 Å². The van der Waals surface area contributed by atoms with Gasteiger partial charge in [-0.1, -0.05) is 43.9 Å². The predicted molar refractivity (Wildman–Crippen MR) is 132 cm³/mol. The minimum absolute atomic E-state index is 0.197. The number of aliphatic imine (C=N–C) groups is 1. The highest BCUT2D eigenvalue weighted by Crippen LogP contribution is 2.60. The van der Waals surface area contributed by atoms with Crippen molar-refractivity contribution in [3.05, 3.63) is 46.5 Å². The number of hydrogen-bond acceptors (Lipinski definition) is 5. The van der Waals surface area contributed by atoms with Crippen LogP contribution in [0.5, 0.6) is 0 Å². The molecule has 0 radical (unpaired) electrons. The van der Waals surface area contributed by atoms with Crippen molar-refractivity contribution in [2.45, 2.75) is 59.0 Å². The van der Waals surface area contributed by atoms with E-state index in [0.29, 0.717) is 13.0 Å². The van der Waals surface area contributed by atoms with Gasteiger partial charge in [0.15, 0.2) is 5.82 Å². The number of likely N-dealkylation sites (N-methyl/N-ethyl adjacent to an activating group) is 1. The average molecular weight is 453 g/mol. The third-order valence-electron chi connectivity index (χ3n) is 6.02. The van der Waals surface area contributed by atoms with E-state index in [2.05, 4.69) is 75.1 Å². The van der Waals surface area contributed by atoms with Crippen LogP contribution < -0.4 is 15.3 Å². The van der Waals surface area contributed by atoms with Crippen LogP contribution >= 0.6 is 6.19 Å². The maximum atomic E-state index is 9.05. The summed E-state index contributed by atoms with van der Waals surface area (Å²) in [7, 11) is 2.12. The van der Waals surface area contributed by atoms with Crippen LogP contribution in [0.4, 0.5) is 11.5 Å². The molecule has 162 valence electrons. The van der Waals surface area contributed by atoms with Crippen LogP contribution in [-0.2, 0) is 23.8 Å². The Balaban J connectivity index is 1.99. The molecule has 0 saturated carbocycles. The summed E-state index contributed by atoms with van der Waals surface area (Å²) in [4.78, 5) is 7.14. The van der Waals surface area contributed by atoms with Crippen molar-refractivity contribution >= 4 is 41.0 Å². The van der Waals surface area contributed by atoms with Gasteiger partial charge >= 0.3 is 0 Å². The number of nitrogens with one attached hydrogen (secondary N) is 1. The highest BCUT2D eigenvalue weighted by atomic mass is 32.4. The van der Waals surface area contributed by atoms with Gasteiger partial charge in [-0.15, -0.1) is 0 Å². The number of nitriles is 1. The molecule has 4 rings (SSSR count). The van der Waals surface area contributed by atoms with Crippen LogP contribution in [0.3, 0.4) is 0 Å². The third-order valence-corrected chi connectivity index (χ3v) is 10.5. The third kappa shape index (κ3) is 3.29. The largest absolute Gasteiger partial charge is 0.346 e. The van der Waals surface area contributed by atoms with Crippen molar-refractivity contribution in [2.24, 2.45) is 4.99 Å². The van der Waals surface area contributed by atoms with Crippen molar-refractivity contribution in [3.63, 3.8) is 0 Å². The molecule has 31 heavy (non-hydrogen) atoms. The molecule has 0 amide bonds. The van der Waals surface area contributed by atoms with E-state index in [-0.39, 0.29) is 11.5 Å². The molecule has 1 unspecified atom stereocenters. The summed E-state index contributed by atoms with van der Waals surface area (Å²) >= 11 is 6.53. The molecular formula is C23H29N6PS. The Morgan fingerprint density at radius 1 is 1.29 bits per heavy atom. The summed E-state index contributed by atoms with van der Waals surface area (Å²) < 4.78 is 1.84. The van der Waals surface area contributed by atoms with Gasteiger partial charge in [-0.25, -0.2) is 9.67 Å². The molecule has 1 aromatic heterocycles. The molecule has 2 aliphatic heterocycles. The summed E-state index contributed by atoms with van der Waals surface area (Å²) in [5, 5.41) is 19.7. The zero-order valence-electron chi connectivity index (χ0n) is 19.0. The highest BCUT2D eigenvalue weighted by Gasteiger charge is 2.45. The molecule has 0 saturated heterocycles. The Kier molecular flexibility index (Phi) is 5.46. The monoisotopic (exact) mass is 452 g/mol. The Bertz CT molecular complexity index is 1200. The molecule has 0 fully saturated rings. The number of nitrogens with zero attached hydrogens (tertiary/aromatic N) is 5. The molecular weight excluding hydrogens is 423 g/mol. The Labute approximate surface area is 189 Å². The van der Waals surface area contributed by atoms with E-state index in [0.717, 1.165) is 22.1 Å². The highest BCUT2D eigenvalue weighted by molar-refractivity contribution is 8.20. The van der Waals surface area contributed by atoms with Crippen LogP contribution in [0.25, 0.3) is 0 Å². The number of aryl methyl sites for hydroxylation is 2. The van der Waals surface area contributed by atoms with Gasteiger partial charge in [-0.2, -0.15) is 10.4 Å². The SMILES string of the molecule is Cc1nn(CCC#N)c2c1P(=S)(NC(C)C)C(=C1N(C)c3ccccc3C1(C)C)C=N2. The van der Waals surface area contributed by atoms with E-state index in [1.54, 1.807) is 0 Å². The number of benzene rings is 1. The second-order valence-corrected chi connectivity index (χ2v) is 13.0. The second kappa shape index (κ2) is 7.70. The lowest BCUT2D eigenvalue weighted by Gasteiger charge is -2.35. The molecule has 1 aromatic carbocycles. The van der Waals surface area contributed by atoms with Crippen molar-refractivity contribution in [1.82, 2.24) is 14.9 Å². The molecule has 3 heterocycles. The normalized spacial score (nSPS) is 23.7. The summed E-state index contributed by atoms with van der Waals surface area (Å²) in [6.07, 6.45) is -0.0561. The minimum Gasteiger partial charge on any atom is -0.346 e. The number of allylic oxidation sites excluding steroid dienone is 2. The van der Waals surface area contributed by atoms with E-state index >= 15 is 0 Å². The van der Waals surface area contributed by atoms with Crippen molar-refractivity contribution in [2.75, 3.05) is 11.9 Å². The van der Waals surface area contributed by atoms with Gasteiger partial charge in [0.1, 0.15) is 0 Å². The first-order chi connectivity index (χ1) is 14.6. The fourth-order valence-electron chi connectivity index (χ4n) is 4.85. The van der Waals surface area contributed by atoms with Crippen LogP contribution in [-0.4, -0.2) is 29.1 Å². The van der Waals surface area contributed by atoms with Gasteiger partial charge < -0.3 is 4.90 Å². The van der Waals surface area contributed by atoms with Gasteiger partial charge in [0.25, 0.3) is 0 Å². The van der Waals surface area contributed by atoms with Crippen molar-refractivity contribution < 1.29 is 0 Å². The number of para-hydroxylation sites is 1. The molecule has 8 heteroatoms. The average Bonchev–Trinajstić information content (AvgIpc) is 3.13. The first kappa shape index (κ1) is 22.0. The molecule has 2 aromatic rings. The fraction of sp³-hybridized carbons (Fsp3) is 0.435. The second-order valence-electron chi connectivity index (χ2n) is 8.98. The van der Waals surface area contributed by atoms with Gasteiger partial charge in [-0.3, -0.25) is 5.09 Å². The first-order valence-electron chi connectivity index (χ1n) is 10.6. The van der Waals surface area contributed by atoms with E-state index in [1.807, 2.05) is 17.8 Å². The summed E-state index contributed by atoms with van der Waals surface area (Å²) in [6.45, 7) is 11.3. The first-order valence-corrected chi connectivity index (χ1v) is 13.4. The molecule has 0 aliphatic carbocycles. The molecule has 2 aliphatic rings. The van der Waals surface area contributed by atoms with Crippen molar-refractivity contribution in [1.29, 1.82) is 5.26 Å². The van der Waals surface area contributed by atoms with Crippen LogP contribution in [0, 0.1) is 18.3 Å². The van der Waals surface area contributed by atoms with E-state index in [9.17, 15) is 0 Å². The van der Waals surface area contributed by atoms with E-state index < -0.39 is 6.19 Å². The molecule has 1 atom stereocenters. The number of fused-ring (bicyclic) bond motifs is 2. The summed E-state index contributed by atoms with van der Waals surface area (Å²) in [5.74, 6) is 0.796. The number of rotatable bonds is 4. The fourth-order valence-corrected chi connectivity index (χ4v) is 9.67. The number of hydrogen-bond donors (Lipinski definition) is 1. The van der Waals surface area contributed by atoms with Crippen LogP contribution in [0.2, 0.25) is 0 Å². The van der Waals surface area contributed by atoms with Crippen LogP contribution in [0.1, 0.15) is 45.4 Å². The number of anilines is 1. The maximum absolute atomic E-state index is 9.05. The zero-order chi connectivity index (χ0) is 22.6. The van der Waals surface area contributed by atoms with Gasteiger partial charge in [-0.05, 0) is 32.4 Å². The Hall–Kier alpha value is -2.26. The predicted octanol–water partition coefficient (Wildman–Crippen LogP) is 4.48. The van der Waals surface area contributed by atoms with Crippen LogP contribution in [0.15, 0.2) is 40.3 Å². The maximum Gasteiger partial charge on any atom is 0.160 e. The Morgan fingerprint density at radius 2 is 2.00 bits per heavy atom. The van der Waals surface area contributed by atoms with E-state index in [4.69, 9.17) is 27.2 Å². The summed E-state index contributed by atoms with van der Waals surface area (Å²) in [6, 6.07) is 11.0. The smallest absolute Gasteiger partial charge is 0.160 e. The van der Waals surface area contributed by atoms with Crippen molar-refractivity contribution in [3.8, 4) is 6.07 Å². The van der Waals surface area contributed by atoms with Gasteiger partial charge in [0, 0.05) is 41.4 Å². The minimum atomic E-state index is -2.41. The Morgan fingerprint density at radius 3 is 2.65 bits per heavy atom. The molecule has 6 nitrogen and oxygen atoms in total. The summed E-state index contributed by atoms with van der Waals surface area (Å²) in [5.41, 5.74) is 4.41. The lowest BCUT2D eigenvalue weighted by atomic mass is 9.84. The molecule has 0 spiro atoms. The standard InChI is InChI=1S/C23H29N6PS/c1-15(2)27-30(31)19(14-25-22-20(30)16(3)26-29(22)13-9-12-24)21-23(4,5)17-10-7-8-11-18(17)28(21)6/h7-8,10-11,14-15H,9,13H2,1-6H3,(H,27,31). The zero-order valence-corrected chi connectivity index (χ0v) is 20.7. The number of aromatic nitrogens is 2. The quantitative estimate of drug-likeness (QED) is 0.693. The van der Waals surface area contributed by atoms with Gasteiger partial charge in [0.2, 0.25) is 0 Å². The molecule has 1 N–H and O–H groups in total. The molecule has 0 bridgehead atoms. The lowest BCUT2D eigenvalue weighted by Crippen LogP contribution is -2.33. The lowest BCUT2D eigenvalue weighted by molar-refractivity contribution is 0.626.